The fourth-order valence-electron chi connectivity index (χ4n) is 3.13. The second-order valence-electron chi connectivity index (χ2n) is 7.89. The molecule has 2 aromatic rings. The number of aryl methyl sites for hydroxylation is 1. The summed E-state index contributed by atoms with van der Waals surface area (Å²) in [5.74, 6) is 0.377. The Kier molecular flexibility index (Phi) is 9.66. The second-order valence-corrected chi connectivity index (χ2v) is 8.70. The number of amides is 2. The number of nitrogens with one attached hydrogen (secondary N) is 1. The normalized spacial score (nSPS) is 11.8. The molecule has 168 valence electrons. The van der Waals surface area contributed by atoms with Gasteiger partial charge in [-0.1, -0.05) is 62.2 Å². The minimum Gasteiger partial charge on any atom is -0.484 e. The number of carbonyl (C=O) groups is 2. The molecule has 1 atom stereocenters. The highest BCUT2D eigenvalue weighted by atomic mass is 35.5. The van der Waals surface area contributed by atoms with Gasteiger partial charge in [0.15, 0.2) is 6.61 Å². The van der Waals surface area contributed by atoms with Gasteiger partial charge in [-0.3, -0.25) is 9.59 Å². The van der Waals surface area contributed by atoms with Gasteiger partial charge in [-0.2, -0.15) is 0 Å². The molecule has 2 amide bonds. The quantitative estimate of drug-likeness (QED) is 0.521. The summed E-state index contributed by atoms with van der Waals surface area (Å²) < 4.78 is 5.71. The molecule has 0 saturated heterocycles. The van der Waals surface area contributed by atoms with E-state index in [0.29, 0.717) is 40.2 Å². The van der Waals surface area contributed by atoms with Crippen LogP contribution in [0.15, 0.2) is 42.5 Å². The van der Waals surface area contributed by atoms with E-state index in [-0.39, 0.29) is 25.0 Å². The summed E-state index contributed by atoms with van der Waals surface area (Å²) in [6.45, 7) is 8.31. The van der Waals surface area contributed by atoms with Gasteiger partial charge in [-0.15, -0.1) is 0 Å². The SMILES string of the molecule is CC[C@@H](C(=O)NCC(C)C)N(Cc1c(Cl)cccc1Cl)C(=O)COc1cccc(C)c1. The number of carbonyl (C=O) groups excluding carboxylic acids is 2. The van der Waals surface area contributed by atoms with Gasteiger partial charge >= 0.3 is 0 Å². The zero-order valence-corrected chi connectivity index (χ0v) is 20.0. The highest BCUT2D eigenvalue weighted by Gasteiger charge is 2.30. The summed E-state index contributed by atoms with van der Waals surface area (Å²) in [5, 5.41) is 3.82. The summed E-state index contributed by atoms with van der Waals surface area (Å²) in [6, 6.07) is 12.0. The van der Waals surface area contributed by atoms with Gasteiger partial charge in [0.2, 0.25) is 5.91 Å². The maximum Gasteiger partial charge on any atom is 0.261 e. The standard InChI is InChI=1S/C24H30Cl2N2O3/c1-5-22(24(30)27-13-16(2)3)28(14-19-20(25)10-7-11-21(19)26)23(29)15-31-18-9-6-8-17(4)12-18/h6-12,16,22H,5,13-15H2,1-4H3,(H,27,30)/t22-/m0/s1. The number of ether oxygens (including phenoxy) is 1. The lowest BCUT2D eigenvalue weighted by atomic mass is 10.1. The van der Waals surface area contributed by atoms with E-state index in [1.807, 2.05) is 45.9 Å². The molecular formula is C24H30Cl2N2O3. The van der Waals surface area contributed by atoms with Crippen LogP contribution in [0.5, 0.6) is 5.75 Å². The first-order chi connectivity index (χ1) is 14.7. The lowest BCUT2D eigenvalue weighted by Gasteiger charge is -2.31. The minimum atomic E-state index is -0.667. The molecule has 0 aliphatic carbocycles. The Bertz CT molecular complexity index is 882. The van der Waals surface area contributed by atoms with Gasteiger partial charge in [0.25, 0.3) is 5.91 Å². The first kappa shape index (κ1) is 25.0. The third-order valence-corrected chi connectivity index (χ3v) is 5.52. The average Bonchev–Trinajstić information content (AvgIpc) is 2.72. The predicted molar refractivity (Wildman–Crippen MR) is 126 cm³/mol. The van der Waals surface area contributed by atoms with Crippen molar-refractivity contribution in [3.63, 3.8) is 0 Å². The molecule has 0 saturated carbocycles. The highest BCUT2D eigenvalue weighted by Crippen LogP contribution is 2.27. The third-order valence-electron chi connectivity index (χ3n) is 4.81. The van der Waals surface area contributed by atoms with Crippen LogP contribution in [0.2, 0.25) is 10.0 Å². The molecule has 0 fully saturated rings. The summed E-state index contributed by atoms with van der Waals surface area (Å²) in [5.41, 5.74) is 1.63. The van der Waals surface area contributed by atoms with Crippen LogP contribution in [-0.2, 0) is 16.1 Å². The molecule has 0 bridgehead atoms. The molecule has 0 aliphatic heterocycles. The fraction of sp³-hybridized carbons (Fsp3) is 0.417. The van der Waals surface area contributed by atoms with Crippen LogP contribution in [0, 0.1) is 12.8 Å². The smallest absolute Gasteiger partial charge is 0.261 e. The molecule has 0 radical (unpaired) electrons. The number of hydrogen-bond acceptors (Lipinski definition) is 3. The molecule has 0 unspecified atom stereocenters. The number of nitrogens with zero attached hydrogens (tertiary/aromatic N) is 1. The van der Waals surface area contributed by atoms with Crippen molar-refractivity contribution in [1.82, 2.24) is 10.2 Å². The molecule has 0 spiro atoms. The van der Waals surface area contributed by atoms with Gasteiger partial charge in [0.05, 0.1) is 0 Å². The van der Waals surface area contributed by atoms with Crippen LogP contribution >= 0.6 is 23.2 Å². The molecule has 5 nitrogen and oxygen atoms in total. The molecule has 2 aromatic carbocycles. The maximum atomic E-state index is 13.2. The van der Waals surface area contributed by atoms with Gasteiger partial charge in [0, 0.05) is 28.7 Å². The van der Waals surface area contributed by atoms with Crippen LogP contribution in [0.3, 0.4) is 0 Å². The summed E-state index contributed by atoms with van der Waals surface area (Å²) >= 11 is 12.7. The van der Waals surface area contributed by atoms with Gasteiger partial charge in [0.1, 0.15) is 11.8 Å². The van der Waals surface area contributed by atoms with Crippen LogP contribution in [0.25, 0.3) is 0 Å². The van der Waals surface area contributed by atoms with Crippen LogP contribution < -0.4 is 10.1 Å². The minimum absolute atomic E-state index is 0.113. The summed E-state index contributed by atoms with van der Waals surface area (Å²) in [7, 11) is 0. The van der Waals surface area contributed by atoms with E-state index >= 15 is 0 Å². The van der Waals surface area contributed by atoms with Crippen molar-refractivity contribution < 1.29 is 14.3 Å². The van der Waals surface area contributed by atoms with E-state index < -0.39 is 6.04 Å². The third kappa shape index (κ3) is 7.44. The topological polar surface area (TPSA) is 58.6 Å². The van der Waals surface area contributed by atoms with E-state index in [1.54, 1.807) is 24.3 Å². The average molecular weight is 465 g/mol. The Morgan fingerprint density at radius 1 is 1.10 bits per heavy atom. The van der Waals surface area contributed by atoms with E-state index in [1.165, 1.54) is 4.90 Å². The Labute approximate surface area is 194 Å². The van der Waals surface area contributed by atoms with Gasteiger partial charge in [-0.25, -0.2) is 0 Å². The molecule has 2 rings (SSSR count). The first-order valence-corrected chi connectivity index (χ1v) is 11.2. The van der Waals surface area contributed by atoms with Crippen molar-refractivity contribution in [2.45, 2.75) is 46.7 Å². The number of rotatable bonds is 10. The van der Waals surface area contributed by atoms with Crippen molar-refractivity contribution in [2.24, 2.45) is 5.92 Å². The molecule has 7 heteroatoms. The van der Waals surface area contributed by atoms with E-state index in [0.717, 1.165) is 5.56 Å². The molecule has 0 aromatic heterocycles. The molecule has 31 heavy (non-hydrogen) atoms. The second kappa shape index (κ2) is 12.0. The van der Waals surface area contributed by atoms with Crippen LogP contribution in [0.4, 0.5) is 0 Å². The zero-order valence-electron chi connectivity index (χ0n) is 18.5. The number of benzene rings is 2. The largest absolute Gasteiger partial charge is 0.484 e. The monoisotopic (exact) mass is 464 g/mol. The molecule has 0 aliphatic rings. The van der Waals surface area contributed by atoms with Crippen molar-refractivity contribution in [3.8, 4) is 5.75 Å². The van der Waals surface area contributed by atoms with Crippen molar-refractivity contribution >= 4 is 35.0 Å². The Hall–Kier alpha value is -2.24. The van der Waals surface area contributed by atoms with Crippen molar-refractivity contribution in [2.75, 3.05) is 13.2 Å². The Balaban J connectivity index is 2.26. The number of halogens is 2. The lowest BCUT2D eigenvalue weighted by Crippen LogP contribution is -2.50. The maximum absolute atomic E-state index is 13.2. The molecule has 1 N–H and O–H groups in total. The van der Waals surface area contributed by atoms with Gasteiger partial charge < -0.3 is 15.0 Å². The van der Waals surface area contributed by atoms with Crippen LogP contribution in [0.1, 0.15) is 38.3 Å². The first-order valence-electron chi connectivity index (χ1n) is 10.4. The van der Waals surface area contributed by atoms with Crippen LogP contribution in [-0.4, -0.2) is 35.9 Å². The zero-order chi connectivity index (χ0) is 23.0. The van der Waals surface area contributed by atoms with Gasteiger partial charge in [-0.05, 0) is 49.1 Å². The van der Waals surface area contributed by atoms with Crippen molar-refractivity contribution in [3.05, 3.63) is 63.6 Å². The van der Waals surface area contributed by atoms with E-state index in [9.17, 15) is 9.59 Å². The fourth-order valence-corrected chi connectivity index (χ4v) is 3.65. The van der Waals surface area contributed by atoms with Crippen molar-refractivity contribution in [1.29, 1.82) is 0 Å². The lowest BCUT2D eigenvalue weighted by molar-refractivity contribution is -0.143. The molecular weight excluding hydrogens is 435 g/mol. The summed E-state index contributed by atoms with van der Waals surface area (Å²) in [6.07, 6.45) is 0.447. The van der Waals surface area contributed by atoms with E-state index in [2.05, 4.69) is 5.32 Å². The Morgan fingerprint density at radius 3 is 2.32 bits per heavy atom. The Morgan fingerprint density at radius 2 is 1.74 bits per heavy atom. The molecule has 0 heterocycles. The summed E-state index contributed by atoms with van der Waals surface area (Å²) in [4.78, 5) is 27.6. The number of hydrogen-bond donors (Lipinski definition) is 1. The predicted octanol–water partition coefficient (Wildman–Crippen LogP) is 5.26. The van der Waals surface area contributed by atoms with E-state index in [4.69, 9.17) is 27.9 Å². The highest BCUT2D eigenvalue weighted by molar-refractivity contribution is 6.36.